The first-order valence-electron chi connectivity index (χ1n) is 5.69. The van der Waals surface area contributed by atoms with Crippen molar-refractivity contribution in [3.63, 3.8) is 0 Å². The standard InChI is InChI=1S/C11H15N5O3/c1-11(2)10(19)14-7(17)5-16(11)9(18)6-4-13-15(3)8(6)12/h4H,5,12H2,1-3H3,(H,14,17,19). The largest absolute Gasteiger partial charge is 0.383 e. The molecule has 1 saturated heterocycles. The summed E-state index contributed by atoms with van der Waals surface area (Å²) in [5.74, 6) is -1.32. The Bertz CT molecular complexity index is 575. The van der Waals surface area contributed by atoms with E-state index in [4.69, 9.17) is 5.73 Å². The van der Waals surface area contributed by atoms with Crippen LogP contribution >= 0.6 is 0 Å². The van der Waals surface area contributed by atoms with Crippen LogP contribution in [0.4, 0.5) is 5.82 Å². The summed E-state index contributed by atoms with van der Waals surface area (Å²) in [5.41, 5.74) is 4.80. The third-order valence-corrected chi connectivity index (χ3v) is 3.25. The number of nitrogens with one attached hydrogen (secondary N) is 1. The van der Waals surface area contributed by atoms with Gasteiger partial charge in [-0.3, -0.25) is 24.4 Å². The highest BCUT2D eigenvalue weighted by Crippen LogP contribution is 2.23. The van der Waals surface area contributed by atoms with Gasteiger partial charge in [0.2, 0.25) is 5.91 Å². The summed E-state index contributed by atoms with van der Waals surface area (Å²) < 4.78 is 1.35. The molecular weight excluding hydrogens is 250 g/mol. The molecule has 2 heterocycles. The number of hydrogen-bond acceptors (Lipinski definition) is 5. The van der Waals surface area contributed by atoms with Gasteiger partial charge in [-0.15, -0.1) is 0 Å². The molecule has 0 saturated carbocycles. The normalized spacial score (nSPS) is 18.4. The van der Waals surface area contributed by atoms with Crippen molar-refractivity contribution in [3.05, 3.63) is 11.8 Å². The Morgan fingerprint density at radius 2 is 2.11 bits per heavy atom. The molecular formula is C11H15N5O3. The Labute approximate surface area is 109 Å². The lowest BCUT2D eigenvalue weighted by Crippen LogP contribution is -2.65. The average Bonchev–Trinajstić information content (AvgIpc) is 2.64. The molecule has 8 nitrogen and oxygen atoms in total. The molecule has 1 aliphatic rings. The minimum atomic E-state index is -1.12. The van der Waals surface area contributed by atoms with E-state index >= 15 is 0 Å². The summed E-state index contributed by atoms with van der Waals surface area (Å²) in [6, 6.07) is 0. The van der Waals surface area contributed by atoms with Crippen molar-refractivity contribution in [1.82, 2.24) is 20.0 Å². The average molecular weight is 265 g/mol. The first kappa shape index (κ1) is 13.1. The molecule has 1 fully saturated rings. The van der Waals surface area contributed by atoms with Crippen LogP contribution in [0.15, 0.2) is 6.20 Å². The molecule has 0 aromatic carbocycles. The van der Waals surface area contributed by atoms with Gasteiger partial charge < -0.3 is 10.6 Å². The first-order chi connectivity index (χ1) is 8.75. The number of amides is 3. The monoisotopic (exact) mass is 265 g/mol. The molecule has 0 radical (unpaired) electrons. The summed E-state index contributed by atoms with van der Waals surface area (Å²) >= 11 is 0. The zero-order valence-electron chi connectivity index (χ0n) is 10.9. The number of piperazine rings is 1. The predicted octanol–water partition coefficient (Wildman–Crippen LogP) is -1.12. The molecule has 102 valence electrons. The summed E-state index contributed by atoms with van der Waals surface area (Å²) in [5, 5.41) is 6.08. The van der Waals surface area contributed by atoms with Crippen molar-refractivity contribution in [2.45, 2.75) is 19.4 Å². The number of rotatable bonds is 1. The fourth-order valence-corrected chi connectivity index (χ4v) is 1.87. The van der Waals surface area contributed by atoms with Crippen LogP contribution in [0.5, 0.6) is 0 Å². The van der Waals surface area contributed by atoms with Gasteiger partial charge in [0.15, 0.2) is 0 Å². The topological polar surface area (TPSA) is 110 Å². The molecule has 1 aromatic heterocycles. The molecule has 2 rings (SSSR count). The zero-order chi connectivity index (χ0) is 14.4. The maximum atomic E-state index is 12.4. The minimum absolute atomic E-state index is 0.179. The highest BCUT2D eigenvalue weighted by atomic mass is 16.2. The highest BCUT2D eigenvalue weighted by Gasteiger charge is 2.44. The van der Waals surface area contributed by atoms with Crippen LogP contribution in [-0.4, -0.2) is 44.5 Å². The van der Waals surface area contributed by atoms with Gasteiger partial charge in [0, 0.05) is 7.05 Å². The second kappa shape index (κ2) is 4.08. The van der Waals surface area contributed by atoms with Gasteiger partial charge in [0.25, 0.3) is 11.8 Å². The molecule has 1 aromatic rings. The zero-order valence-corrected chi connectivity index (χ0v) is 10.9. The molecule has 0 spiro atoms. The molecule has 0 atom stereocenters. The number of aryl methyl sites for hydroxylation is 1. The van der Waals surface area contributed by atoms with Crippen LogP contribution in [-0.2, 0) is 16.6 Å². The van der Waals surface area contributed by atoms with E-state index < -0.39 is 23.3 Å². The number of nitrogen functional groups attached to an aromatic ring is 1. The Balaban J connectivity index is 2.39. The number of hydrogen-bond donors (Lipinski definition) is 2. The van der Waals surface area contributed by atoms with Crippen LogP contribution in [0.25, 0.3) is 0 Å². The molecule has 1 aliphatic heterocycles. The number of nitrogens with zero attached hydrogens (tertiary/aromatic N) is 3. The van der Waals surface area contributed by atoms with Crippen LogP contribution in [0, 0.1) is 0 Å². The Kier molecular flexibility index (Phi) is 2.80. The number of imide groups is 1. The predicted molar refractivity (Wildman–Crippen MR) is 65.9 cm³/mol. The molecule has 0 aliphatic carbocycles. The van der Waals surface area contributed by atoms with Gasteiger partial charge in [-0.1, -0.05) is 0 Å². The lowest BCUT2D eigenvalue weighted by atomic mass is 9.97. The molecule has 0 unspecified atom stereocenters. The van der Waals surface area contributed by atoms with E-state index in [1.807, 2.05) is 0 Å². The molecule has 8 heteroatoms. The molecule has 3 N–H and O–H groups in total. The number of aromatic nitrogens is 2. The van der Waals surface area contributed by atoms with Crippen molar-refractivity contribution >= 4 is 23.5 Å². The Morgan fingerprint density at radius 1 is 1.47 bits per heavy atom. The number of carbonyl (C=O) groups is 3. The second-order valence-corrected chi connectivity index (χ2v) is 4.89. The lowest BCUT2D eigenvalue weighted by molar-refractivity contribution is -0.143. The molecule has 0 bridgehead atoms. The van der Waals surface area contributed by atoms with Crippen molar-refractivity contribution in [2.75, 3.05) is 12.3 Å². The smallest absolute Gasteiger partial charge is 0.260 e. The van der Waals surface area contributed by atoms with Crippen molar-refractivity contribution in [2.24, 2.45) is 7.05 Å². The van der Waals surface area contributed by atoms with Crippen LogP contribution in [0.1, 0.15) is 24.2 Å². The second-order valence-electron chi connectivity index (χ2n) is 4.89. The summed E-state index contributed by atoms with van der Waals surface area (Å²) in [7, 11) is 1.60. The summed E-state index contributed by atoms with van der Waals surface area (Å²) in [4.78, 5) is 36.8. The van der Waals surface area contributed by atoms with Gasteiger partial charge in [-0.25, -0.2) is 0 Å². The van der Waals surface area contributed by atoms with E-state index in [0.717, 1.165) is 0 Å². The fourth-order valence-electron chi connectivity index (χ4n) is 1.87. The van der Waals surface area contributed by atoms with E-state index in [0.29, 0.717) is 0 Å². The van der Waals surface area contributed by atoms with Gasteiger partial charge in [0.05, 0.1) is 6.20 Å². The maximum Gasteiger partial charge on any atom is 0.260 e. The van der Waals surface area contributed by atoms with Crippen molar-refractivity contribution in [3.8, 4) is 0 Å². The lowest BCUT2D eigenvalue weighted by Gasteiger charge is -2.39. The van der Waals surface area contributed by atoms with E-state index in [2.05, 4.69) is 10.4 Å². The third-order valence-electron chi connectivity index (χ3n) is 3.25. The first-order valence-corrected chi connectivity index (χ1v) is 5.69. The van der Waals surface area contributed by atoms with E-state index in [1.54, 1.807) is 20.9 Å². The number of nitrogens with two attached hydrogens (primary N) is 1. The van der Waals surface area contributed by atoms with E-state index in [9.17, 15) is 14.4 Å². The van der Waals surface area contributed by atoms with E-state index in [1.165, 1.54) is 15.8 Å². The minimum Gasteiger partial charge on any atom is -0.383 e. The fraction of sp³-hybridized carbons (Fsp3) is 0.455. The Hall–Kier alpha value is -2.38. The van der Waals surface area contributed by atoms with Crippen molar-refractivity contribution < 1.29 is 14.4 Å². The van der Waals surface area contributed by atoms with Crippen LogP contribution < -0.4 is 11.1 Å². The Morgan fingerprint density at radius 3 is 2.63 bits per heavy atom. The summed E-state index contributed by atoms with van der Waals surface area (Å²) in [6.45, 7) is 2.95. The van der Waals surface area contributed by atoms with Crippen LogP contribution in [0.2, 0.25) is 0 Å². The molecule has 3 amide bonds. The number of anilines is 1. The SMILES string of the molecule is Cn1ncc(C(=O)N2CC(=O)NC(=O)C2(C)C)c1N. The highest BCUT2D eigenvalue weighted by molar-refractivity contribution is 6.09. The molecule has 19 heavy (non-hydrogen) atoms. The number of carbonyl (C=O) groups excluding carboxylic acids is 3. The van der Waals surface area contributed by atoms with Crippen molar-refractivity contribution in [1.29, 1.82) is 0 Å². The van der Waals surface area contributed by atoms with Gasteiger partial charge in [-0.05, 0) is 13.8 Å². The maximum absolute atomic E-state index is 12.4. The van der Waals surface area contributed by atoms with Gasteiger partial charge >= 0.3 is 0 Å². The van der Waals surface area contributed by atoms with E-state index in [-0.39, 0.29) is 17.9 Å². The third kappa shape index (κ3) is 1.94. The van der Waals surface area contributed by atoms with Crippen LogP contribution in [0.3, 0.4) is 0 Å². The van der Waals surface area contributed by atoms with Gasteiger partial charge in [-0.2, -0.15) is 5.10 Å². The summed E-state index contributed by atoms with van der Waals surface area (Å²) in [6.07, 6.45) is 1.32. The quantitative estimate of drug-likeness (QED) is 0.625. The van der Waals surface area contributed by atoms with Gasteiger partial charge in [0.1, 0.15) is 23.5 Å².